The molecule has 87 heavy (non-hydrogen) atoms. The summed E-state index contributed by atoms with van der Waals surface area (Å²) >= 11 is 0. The maximum atomic E-state index is 8.52. The van der Waals surface area contributed by atoms with Gasteiger partial charge in [0.1, 0.15) is 26.2 Å². The Hall–Kier alpha value is -2.23. The molecule has 0 aromatic heterocycles. The van der Waals surface area contributed by atoms with Gasteiger partial charge < -0.3 is 9.11 Å². The lowest BCUT2D eigenvalue weighted by Crippen LogP contribution is -2.23. The van der Waals surface area contributed by atoms with Crippen molar-refractivity contribution in [2.45, 2.75) is 400 Å². The van der Waals surface area contributed by atoms with Crippen LogP contribution >= 0.6 is 0 Å². The molecule has 9 heteroatoms. The second-order valence-electron chi connectivity index (χ2n) is 26.4. The van der Waals surface area contributed by atoms with Crippen molar-refractivity contribution in [3.63, 3.8) is 0 Å². The van der Waals surface area contributed by atoms with E-state index in [1.165, 1.54) is 399 Å². The predicted molar refractivity (Wildman–Crippen MR) is 384 cm³/mol. The molecule has 0 aromatic carbocycles. The molecule has 0 radical (unpaired) electrons. The summed E-state index contributed by atoms with van der Waals surface area (Å²) in [6.07, 6.45) is 100. The van der Waals surface area contributed by atoms with E-state index in [-0.39, 0.29) is 0 Å². The van der Waals surface area contributed by atoms with E-state index in [2.05, 4.69) is 96.1 Å². The van der Waals surface area contributed by atoms with Crippen LogP contribution in [-0.4, -0.2) is 77.6 Å². The molecule has 2 rings (SSSR count). The fourth-order valence-electron chi connectivity index (χ4n) is 12.3. The summed E-state index contributed by atoms with van der Waals surface area (Å²) in [5.74, 6) is 3.10. The van der Waals surface area contributed by atoms with Gasteiger partial charge in [-0.2, -0.15) is 0 Å². The average molecular weight is 1240 g/mol. The van der Waals surface area contributed by atoms with Gasteiger partial charge in [-0.15, -0.1) is 0 Å². The van der Waals surface area contributed by atoms with E-state index < -0.39 is 10.4 Å². The van der Waals surface area contributed by atoms with Gasteiger partial charge in [0, 0.05) is 23.2 Å². The van der Waals surface area contributed by atoms with Crippen molar-refractivity contribution >= 4 is 22.1 Å². The van der Waals surface area contributed by atoms with Gasteiger partial charge in [-0.3, -0.25) is 28.2 Å². The Balaban J connectivity index is 0.00000157. The zero-order valence-electron chi connectivity index (χ0n) is 58.8. The Labute approximate surface area is 544 Å². The SMILES string of the molecule is CCCCCCCC/C=C\CCCCCCCCC1=[N+](CCCCCCCC/C=C\CCCCCCCC)CCN1.CCCCCCCC/C=C\CCCCCCCCC1=[N+](CCCCCCCC/C=C\CCCCCCCC)CCN1.O=S(=O)([O-])[O-]. The number of unbranched alkanes of at least 4 members (excludes halogenated alkanes) is 48. The highest BCUT2D eigenvalue weighted by Crippen LogP contribution is 2.17. The summed E-state index contributed by atoms with van der Waals surface area (Å²) in [6, 6.07) is 0. The molecule has 2 heterocycles. The summed E-state index contributed by atoms with van der Waals surface area (Å²) in [5.41, 5.74) is 0. The van der Waals surface area contributed by atoms with E-state index in [4.69, 9.17) is 17.5 Å². The van der Waals surface area contributed by atoms with E-state index in [1.54, 1.807) is 11.7 Å². The number of allylic oxidation sites excluding steroid dienone is 8. The molecule has 0 bridgehead atoms. The van der Waals surface area contributed by atoms with Crippen LogP contribution in [0.15, 0.2) is 48.6 Å². The van der Waals surface area contributed by atoms with Crippen LogP contribution < -0.4 is 10.6 Å². The first-order valence-corrected chi connectivity index (χ1v) is 40.1. The fraction of sp³-hybridized carbons (Fsp3) is 0.872. The third-order valence-electron chi connectivity index (χ3n) is 17.9. The van der Waals surface area contributed by atoms with E-state index in [0.29, 0.717) is 0 Å². The summed E-state index contributed by atoms with van der Waals surface area (Å²) in [5, 5.41) is 7.38. The van der Waals surface area contributed by atoms with Crippen molar-refractivity contribution in [3.8, 4) is 0 Å². The van der Waals surface area contributed by atoms with E-state index in [1.807, 2.05) is 0 Å². The van der Waals surface area contributed by atoms with Crippen LogP contribution in [0, 0.1) is 0 Å². The standard InChI is InChI=1S/2C39H74N2.H2O4S/c2*1-3-5-7-9-11-13-15-17-19-21-23-25-27-29-31-33-35-39-40-36-38-41(39)37-34-32-30-28-26-24-22-20-18-16-14-12-10-8-6-4-2;1-5(2,3)4/h2*17-20H,3-16,21-38H2,1-2H3;(H2,1,2,3,4)/b2*19-17-,20-18-;. The summed E-state index contributed by atoms with van der Waals surface area (Å²) in [6.45, 7) is 16.5. The van der Waals surface area contributed by atoms with Crippen molar-refractivity contribution in [2.75, 3.05) is 39.3 Å². The lowest BCUT2D eigenvalue weighted by atomic mass is 10.1. The Morgan fingerprint density at radius 2 is 0.460 bits per heavy atom. The maximum absolute atomic E-state index is 8.52. The van der Waals surface area contributed by atoms with Crippen LogP contribution in [0.1, 0.15) is 400 Å². The molecule has 0 spiro atoms. The molecule has 0 amide bonds. The molecule has 2 aliphatic heterocycles. The zero-order chi connectivity index (χ0) is 63.1. The van der Waals surface area contributed by atoms with Crippen LogP contribution in [-0.2, 0) is 10.4 Å². The minimum Gasteiger partial charge on any atom is -0.759 e. The van der Waals surface area contributed by atoms with Crippen LogP contribution in [0.4, 0.5) is 0 Å². The van der Waals surface area contributed by atoms with Crippen LogP contribution in [0.2, 0.25) is 0 Å². The smallest absolute Gasteiger partial charge is 0.244 e. The third kappa shape index (κ3) is 69.5. The number of rotatable bonds is 64. The van der Waals surface area contributed by atoms with Crippen LogP contribution in [0.25, 0.3) is 0 Å². The lowest BCUT2D eigenvalue weighted by Gasteiger charge is -2.06. The van der Waals surface area contributed by atoms with Crippen LogP contribution in [0.3, 0.4) is 0 Å². The molecule has 2 N–H and O–H groups in total. The maximum Gasteiger partial charge on any atom is 0.244 e. The predicted octanol–water partition coefficient (Wildman–Crippen LogP) is 23.6. The Bertz CT molecular complexity index is 1480. The van der Waals surface area contributed by atoms with Gasteiger partial charge >= 0.3 is 0 Å². The highest BCUT2D eigenvalue weighted by molar-refractivity contribution is 7.79. The van der Waals surface area contributed by atoms with Gasteiger partial charge in [0.2, 0.25) is 11.7 Å². The van der Waals surface area contributed by atoms with Crippen LogP contribution in [0.5, 0.6) is 0 Å². The monoisotopic (exact) mass is 1240 g/mol. The highest BCUT2D eigenvalue weighted by atomic mass is 32.3. The molecule has 0 fully saturated rings. The van der Waals surface area contributed by atoms with Crippen molar-refractivity contribution in [2.24, 2.45) is 0 Å². The Morgan fingerprint density at radius 3 is 0.667 bits per heavy atom. The van der Waals surface area contributed by atoms with E-state index >= 15 is 0 Å². The minimum absolute atomic E-state index is 1.16. The first-order chi connectivity index (χ1) is 42.8. The lowest BCUT2D eigenvalue weighted by molar-refractivity contribution is -0.519. The quantitative estimate of drug-likeness (QED) is 0.0206. The van der Waals surface area contributed by atoms with E-state index in [9.17, 15) is 0 Å². The molecule has 8 nitrogen and oxygen atoms in total. The molecule has 0 unspecified atom stereocenters. The summed E-state index contributed by atoms with van der Waals surface area (Å²) in [7, 11) is -5.17. The molecule has 0 atom stereocenters. The molecular weight excluding hydrogens is 1090 g/mol. The molecule has 0 aromatic rings. The number of hydrogen-bond donors (Lipinski definition) is 2. The van der Waals surface area contributed by atoms with Gasteiger partial charge in [-0.25, -0.2) is 0 Å². The first-order valence-electron chi connectivity index (χ1n) is 38.7. The number of amidine groups is 2. The third-order valence-corrected chi connectivity index (χ3v) is 17.9. The van der Waals surface area contributed by atoms with E-state index in [0.717, 1.165) is 13.1 Å². The van der Waals surface area contributed by atoms with Gasteiger partial charge in [-0.1, -0.05) is 295 Å². The minimum atomic E-state index is -5.17. The van der Waals surface area contributed by atoms with Gasteiger partial charge in [0.25, 0.3) is 0 Å². The molecular formula is C78H150N4O4S. The molecule has 2 aliphatic rings. The second-order valence-corrected chi connectivity index (χ2v) is 27.2. The number of nitrogens with one attached hydrogen (secondary N) is 2. The molecule has 0 aliphatic carbocycles. The van der Waals surface area contributed by atoms with Gasteiger partial charge in [-0.05, 0) is 141 Å². The second kappa shape index (κ2) is 71.2. The molecule has 512 valence electrons. The van der Waals surface area contributed by atoms with Gasteiger partial charge in [0.15, 0.2) is 0 Å². The highest BCUT2D eigenvalue weighted by Gasteiger charge is 2.20. The number of hydrogen-bond acceptors (Lipinski definition) is 6. The first kappa shape index (κ1) is 84.8. The van der Waals surface area contributed by atoms with Gasteiger partial charge in [0.05, 0.1) is 13.1 Å². The average Bonchev–Trinajstić information content (AvgIpc) is 4.24. The van der Waals surface area contributed by atoms with Crippen molar-refractivity contribution in [3.05, 3.63) is 48.6 Å². The summed E-state index contributed by atoms with van der Waals surface area (Å²) in [4.78, 5) is 0. The number of nitrogens with zero attached hydrogens (tertiary/aromatic N) is 2. The van der Waals surface area contributed by atoms with Crippen molar-refractivity contribution in [1.29, 1.82) is 0 Å². The summed E-state index contributed by atoms with van der Waals surface area (Å²) < 4.78 is 39.4. The Morgan fingerprint density at radius 1 is 0.287 bits per heavy atom. The molecule has 0 saturated carbocycles. The molecule has 0 saturated heterocycles. The van der Waals surface area contributed by atoms with Crippen molar-refractivity contribution in [1.82, 2.24) is 10.6 Å². The zero-order valence-corrected chi connectivity index (χ0v) is 59.6. The Kier molecular flexibility index (Phi) is 69.4. The topological polar surface area (TPSA) is 110 Å². The van der Waals surface area contributed by atoms with Crippen molar-refractivity contribution < 1.29 is 26.7 Å². The normalized spacial score (nSPS) is 13.7. The largest absolute Gasteiger partial charge is 0.759 e. The fourth-order valence-corrected chi connectivity index (χ4v) is 12.3.